The third kappa shape index (κ3) is 1.67. The van der Waals surface area contributed by atoms with Crippen LogP contribution in [0.25, 0.3) is 16.9 Å². The molecule has 0 radical (unpaired) electrons. The van der Waals surface area contributed by atoms with Crippen molar-refractivity contribution < 1.29 is 0 Å². The Morgan fingerprint density at radius 2 is 2.06 bits per heavy atom. The molecular weight excluding hydrogens is 212 g/mol. The third-order valence-electron chi connectivity index (χ3n) is 2.80. The van der Waals surface area contributed by atoms with Crippen molar-refractivity contribution in [3.05, 3.63) is 48.5 Å². The summed E-state index contributed by atoms with van der Waals surface area (Å²) in [6.45, 7) is 2.14. The number of nitrogens with zero attached hydrogens (tertiary/aromatic N) is 4. The molecule has 3 aromatic rings. The largest absolute Gasteiger partial charge is 0.256 e. The molecule has 4 nitrogen and oxygen atoms in total. The van der Waals surface area contributed by atoms with Gasteiger partial charge in [-0.1, -0.05) is 6.92 Å². The van der Waals surface area contributed by atoms with E-state index < -0.39 is 0 Å². The van der Waals surface area contributed by atoms with E-state index in [9.17, 15) is 0 Å². The molecule has 0 aliphatic rings. The van der Waals surface area contributed by atoms with Crippen molar-refractivity contribution >= 4 is 5.65 Å². The lowest BCUT2D eigenvalue weighted by atomic mass is 10.1. The van der Waals surface area contributed by atoms with E-state index in [0.29, 0.717) is 0 Å². The Balaban J connectivity index is 2.23. The molecule has 0 fully saturated rings. The molecule has 0 amide bonds. The van der Waals surface area contributed by atoms with Gasteiger partial charge in [0.15, 0.2) is 5.65 Å². The topological polar surface area (TPSA) is 43.1 Å². The van der Waals surface area contributed by atoms with Crippen molar-refractivity contribution in [2.75, 3.05) is 0 Å². The first-order valence-corrected chi connectivity index (χ1v) is 5.62. The molecule has 0 aliphatic heterocycles. The Morgan fingerprint density at radius 1 is 1.12 bits per heavy atom. The lowest BCUT2D eigenvalue weighted by Gasteiger charge is -2.04. The van der Waals surface area contributed by atoms with Gasteiger partial charge >= 0.3 is 0 Å². The monoisotopic (exact) mass is 224 g/mol. The fourth-order valence-electron chi connectivity index (χ4n) is 1.88. The Labute approximate surface area is 99.0 Å². The molecule has 3 aromatic heterocycles. The predicted octanol–water partition coefficient (Wildman–Crippen LogP) is 2.35. The summed E-state index contributed by atoms with van der Waals surface area (Å²) in [5, 5.41) is 4.20. The molecule has 0 aromatic carbocycles. The lowest BCUT2D eigenvalue weighted by Crippen LogP contribution is -1.94. The van der Waals surface area contributed by atoms with Gasteiger partial charge in [-0.15, -0.1) is 0 Å². The van der Waals surface area contributed by atoms with Gasteiger partial charge in [-0.2, -0.15) is 5.10 Å². The number of rotatable bonds is 2. The Bertz CT molecular complexity index is 657. The van der Waals surface area contributed by atoms with Gasteiger partial charge in [0.1, 0.15) is 0 Å². The first-order valence-electron chi connectivity index (χ1n) is 5.62. The quantitative estimate of drug-likeness (QED) is 0.671. The van der Waals surface area contributed by atoms with E-state index in [0.717, 1.165) is 23.3 Å². The van der Waals surface area contributed by atoms with Crippen LogP contribution in [-0.2, 0) is 6.42 Å². The third-order valence-corrected chi connectivity index (χ3v) is 2.80. The predicted molar refractivity (Wildman–Crippen MR) is 65.6 cm³/mol. The van der Waals surface area contributed by atoms with Gasteiger partial charge in [0.2, 0.25) is 0 Å². The zero-order chi connectivity index (χ0) is 11.7. The Hall–Kier alpha value is -2.23. The molecule has 3 rings (SSSR count). The normalized spacial score (nSPS) is 10.9. The van der Waals surface area contributed by atoms with Crippen LogP contribution in [0.15, 0.2) is 43.0 Å². The molecule has 0 saturated heterocycles. The number of fused-ring (bicyclic) bond motifs is 1. The van der Waals surface area contributed by atoms with Gasteiger partial charge in [-0.05, 0) is 30.2 Å². The van der Waals surface area contributed by atoms with Crippen LogP contribution in [0.4, 0.5) is 0 Å². The fraction of sp³-hybridized carbons (Fsp3) is 0.154. The summed E-state index contributed by atoms with van der Waals surface area (Å²) in [5.74, 6) is 0. The second-order valence-electron chi connectivity index (χ2n) is 3.84. The molecule has 0 saturated carbocycles. The Kier molecular flexibility index (Phi) is 2.33. The van der Waals surface area contributed by atoms with Gasteiger partial charge in [-0.3, -0.25) is 4.98 Å². The summed E-state index contributed by atoms with van der Waals surface area (Å²) in [4.78, 5) is 8.72. The molecule has 0 bridgehead atoms. The van der Waals surface area contributed by atoms with Crippen LogP contribution in [0.2, 0.25) is 0 Å². The van der Waals surface area contributed by atoms with Crippen molar-refractivity contribution in [1.82, 2.24) is 19.6 Å². The molecule has 0 spiro atoms. The second kappa shape index (κ2) is 3.97. The van der Waals surface area contributed by atoms with Gasteiger partial charge in [0.25, 0.3) is 0 Å². The van der Waals surface area contributed by atoms with E-state index >= 15 is 0 Å². The number of pyridine rings is 1. The molecule has 3 heterocycles. The van der Waals surface area contributed by atoms with E-state index in [-0.39, 0.29) is 0 Å². The van der Waals surface area contributed by atoms with Crippen LogP contribution in [0, 0.1) is 0 Å². The highest BCUT2D eigenvalue weighted by Gasteiger charge is 2.07. The van der Waals surface area contributed by atoms with E-state index in [1.807, 2.05) is 24.5 Å². The maximum absolute atomic E-state index is 4.41. The van der Waals surface area contributed by atoms with Gasteiger partial charge < -0.3 is 0 Å². The first kappa shape index (κ1) is 9.96. The fourth-order valence-corrected chi connectivity index (χ4v) is 1.88. The highest BCUT2D eigenvalue weighted by atomic mass is 15.2. The van der Waals surface area contributed by atoms with Crippen molar-refractivity contribution in [3.63, 3.8) is 0 Å². The average Bonchev–Trinajstić information content (AvgIpc) is 2.87. The highest BCUT2D eigenvalue weighted by Crippen LogP contribution is 2.21. The van der Waals surface area contributed by atoms with Gasteiger partial charge in [-0.25, -0.2) is 9.50 Å². The van der Waals surface area contributed by atoms with E-state index in [2.05, 4.69) is 28.1 Å². The zero-order valence-electron chi connectivity index (χ0n) is 9.54. The Morgan fingerprint density at radius 3 is 2.94 bits per heavy atom. The van der Waals surface area contributed by atoms with Crippen molar-refractivity contribution in [2.24, 2.45) is 0 Å². The van der Waals surface area contributed by atoms with Crippen molar-refractivity contribution in [1.29, 1.82) is 0 Å². The molecule has 0 aliphatic carbocycles. The van der Waals surface area contributed by atoms with E-state index in [1.54, 1.807) is 16.9 Å². The van der Waals surface area contributed by atoms with Crippen LogP contribution in [0.5, 0.6) is 0 Å². The first-order chi connectivity index (χ1) is 8.38. The minimum atomic E-state index is 0.841. The van der Waals surface area contributed by atoms with Crippen molar-refractivity contribution in [3.8, 4) is 11.3 Å². The highest BCUT2D eigenvalue weighted by molar-refractivity contribution is 5.74. The summed E-state index contributed by atoms with van der Waals surface area (Å²) in [6, 6.07) is 6.08. The standard InChI is InChI=1S/C13H12N4/c1-2-10-3-5-14-12(9-10)11-4-6-16-17-8-7-15-13(11)17/h3-9H,2H2,1H3. The SMILES string of the molecule is CCc1ccnc(-c2ccnn3ccnc23)c1. The maximum Gasteiger partial charge on any atom is 0.162 e. The van der Waals surface area contributed by atoms with Crippen molar-refractivity contribution in [2.45, 2.75) is 13.3 Å². The number of aromatic nitrogens is 4. The molecule has 0 atom stereocenters. The minimum Gasteiger partial charge on any atom is -0.256 e. The second-order valence-corrected chi connectivity index (χ2v) is 3.84. The number of imidazole rings is 1. The molecule has 4 heteroatoms. The molecule has 84 valence electrons. The number of aryl methyl sites for hydroxylation is 1. The molecular formula is C13H12N4. The average molecular weight is 224 g/mol. The summed E-state index contributed by atoms with van der Waals surface area (Å²) in [7, 11) is 0. The van der Waals surface area contributed by atoms with E-state index in [4.69, 9.17) is 0 Å². The van der Waals surface area contributed by atoms with Crippen LogP contribution >= 0.6 is 0 Å². The number of hydrogen-bond acceptors (Lipinski definition) is 3. The van der Waals surface area contributed by atoms with Crippen LogP contribution < -0.4 is 0 Å². The molecule has 17 heavy (non-hydrogen) atoms. The smallest absolute Gasteiger partial charge is 0.162 e. The zero-order valence-corrected chi connectivity index (χ0v) is 9.54. The molecule has 0 N–H and O–H groups in total. The van der Waals surface area contributed by atoms with Gasteiger partial charge in [0, 0.05) is 30.4 Å². The summed E-state index contributed by atoms with van der Waals surface area (Å²) < 4.78 is 1.76. The summed E-state index contributed by atoms with van der Waals surface area (Å²) in [6.07, 6.45) is 8.20. The summed E-state index contributed by atoms with van der Waals surface area (Å²) in [5.41, 5.74) is 4.08. The lowest BCUT2D eigenvalue weighted by molar-refractivity contribution is 0.936. The minimum absolute atomic E-state index is 0.841. The van der Waals surface area contributed by atoms with Gasteiger partial charge in [0.05, 0.1) is 5.69 Å². The van der Waals surface area contributed by atoms with E-state index in [1.165, 1.54) is 5.56 Å². The number of hydrogen-bond donors (Lipinski definition) is 0. The van der Waals surface area contributed by atoms with Crippen LogP contribution in [0.3, 0.4) is 0 Å². The molecule has 0 unspecified atom stereocenters. The maximum atomic E-state index is 4.41. The van der Waals surface area contributed by atoms with Crippen LogP contribution in [0.1, 0.15) is 12.5 Å². The van der Waals surface area contributed by atoms with Crippen LogP contribution in [-0.4, -0.2) is 19.6 Å². The summed E-state index contributed by atoms with van der Waals surface area (Å²) >= 11 is 0.